The molecule has 0 aliphatic rings. The molecule has 1 aromatic rings. The molecule has 0 aliphatic heterocycles. The molecule has 1 rings (SSSR count). The van der Waals surface area contributed by atoms with Crippen molar-refractivity contribution in [3.8, 4) is 0 Å². The van der Waals surface area contributed by atoms with Gasteiger partial charge in [-0.05, 0) is 17.7 Å². The van der Waals surface area contributed by atoms with Crippen molar-refractivity contribution in [2.24, 2.45) is 0 Å². The molecule has 0 aliphatic carbocycles. The lowest BCUT2D eigenvalue weighted by molar-refractivity contribution is 0.195. The molecule has 1 N–H and O–H groups in total. The van der Waals surface area contributed by atoms with E-state index in [1.165, 1.54) is 0 Å². The fourth-order valence-corrected chi connectivity index (χ4v) is 0.777. The van der Waals surface area contributed by atoms with Gasteiger partial charge in [0, 0.05) is 12.4 Å². The standard InChI is InChI=1S/C8H8N2O/c1-9-6-8(11)7-2-4-10-5-3-7/h2-5,8,11H,6H2. The molecule has 0 saturated heterocycles. The Hall–Kier alpha value is -1.40. The average Bonchev–Trinajstić information content (AvgIpc) is 2.07. The summed E-state index contributed by atoms with van der Waals surface area (Å²) in [7, 11) is 0. The molecule has 0 spiro atoms. The molecule has 0 saturated carbocycles. The van der Waals surface area contributed by atoms with Crippen molar-refractivity contribution in [1.82, 2.24) is 4.98 Å². The van der Waals surface area contributed by atoms with E-state index in [4.69, 9.17) is 6.57 Å². The van der Waals surface area contributed by atoms with E-state index >= 15 is 0 Å². The lowest BCUT2D eigenvalue weighted by atomic mass is 10.1. The highest BCUT2D eigenvalue weighted by Crippen LogP contribution is 2.10. The zero-order chi connectivity index (χ0) is 8.10. The van der Waals surface area contributed by atoms with E-state index in [0.29, 0.717) is 0 Å². The summed E-state index contributed by atoms with van der Waals surface area (Å²) in [6, 6.07) is 3.41. The molecule has 0 bridgehead atoms. The van der Waals surface area contributed by atoms with Gasteiger partial charge in [0.25, 0.3) is 0 Å². The Morgan fingerprint density at radius 1 is 1.55 bits per heavy atom. The number of pyridine rings is 1. The maximum atomic E-state index is 9.28. The summed E-state index contributed by atoms with van der Waals surface area (Å²) in [4.78, 5) is 6.89. The lowest BCUT2D eigenvalue weighted by Crippen LogP contribution is -1.99. The van der Waals surface area contributed by atoms with Gasteiger partial charge < -0.3 is 9.95 Å². The Balaban J connectivity index is 2.70. The minimum Gasteiger partial charge on any atom is -0.381 e. The maximum Gasteiger partial charge on any atom is 0.244 e. The van der Waals surface area contributed by atoms with Crippen LogP contribution in [0.4, 0.5) is 0 Å². The summed E-state index contributed by atoms with van der Waals surface area (Å²) in [5.41, 5.74) is 0.746. The molecule has 0 amide bonds. The predicted octanol–water partition coefficient (Wildman–Crippen LogP) is 1.03. The quantitative estimate of drug-likeness (QED) is 0.636. The van der Waals surface area contributed by atoms with E-state index in [1.54, 1.807) is 24.5 Å². The van der Waals surface area contributed by atoms with Crippen LogP contribution in [0.5, 0.6) is 0 Å². The zero-order valence-electron chi connectivity index (χ0n) is 5.94. The minimum absolute atomic E-state index is 0.115. The first-order valence-electron chi connectivity index (χ1n) is 3.26. The zero-order valence-corrected chi connectivity index (χ0v) is 5.94. The first kappa shape index (κ1) is 7.70. The van der Waals surface area contributed by atoms with Gasteiger partial charge in [-0.15, -0.1) is 0 Å². The average molecular weight is 148 g/mol. The number of aliphatic hydroxyl groups is 1. The highest BCUT2D eigenvalue weighted by molar-refractivity contribution is 5.13. The second kappa shape index (κ2) is 3.69. The van der Waals surface area contributed by atoms with E-state index < -0.39 is 6.10 Å². The first-order valence-corrected chi connectivity index (χ1v) is 3.26. The third-order valence-electron chi connectivity index (χ3n) is 1.36. The Bertz CT molecular complexity index is 253. The highest BCUT2D eigenvalue weighted by Gasteiger charge is 2.07. The minimum atomic E-state index is -0.671. The number of nitrogens with zero attached hydrogens (tertiary/aromatic N) is 2. The van der Waals surface area contributed by atoms with Crippen LogP contribution < -0.4 is 0 Å². The van der Waals surface area contributed by atoms with Gasteiger partial charge in [0.2, 0.25) is 6.54 Å². The molecule has 11 heavy (non-hydrogen) atoms. The molecule has 3 heteroatoms. The van der Waals surface area contributed by atoms with Crippen LogP contribution in [0.3, 0.4) is 0 Å². The summed E-state index contributed by atoms with van der Waals surface area (Å²) >= 11 is 0. The largest absolute Gasteiger partial charge is 0.381 e. The van der Waals surface area contributed by atoms with Crippen LogP contribution >= 0.6 is 0 Å². The van der Waals surface area contributed by atoms with Crippen LogP contribution in [0.2, 0.25) is 0 Å². The summed E-state index contributed by atoms with van der Waals surface area (Å²) in [5, 5.41) is 9.28. The van der Waals surface area contributed by atoms with Crippen molar-refractivity contribution in [2.45, 2.75) is 6.10 Å². The third kappa shape index (κ3) is 2.03. The van der Waals surface area contributed by atoms with Gasteiger partial charge in [-0.2, -0.15) is 0 Å². The predicted molar refractivity (Wildman–Crippen MR) is 40.7 cm³/mol. The molecule has 0 radical (unpaired) electrons. The Labute approximate surface area is 65.1 Å². The molecule has 0 fully saturated rings. The van der Waals surface area contributed by atoms with E-state index in [2.05, 4.69) is 9.83 Å². The van der Waals surface area contributed by atoms with Crippen molar-refractivity contribution in [1.29, 1.82) is 0 Å². The van der Waals surface area contributed by atoms with Crippen LogP contribution in [0, 0.1) is 6.57 Å². The molecule has 1 aromatic heterocycles. The van der Waals surface area contributed by atoms with Crippen LogP contribution in [0.25, 0.3) is 4.85 Å². The van der Waals surface area contributed by atoms with Gasteiger partial charge in [0.1, 0.15) is 0 Å². The molecule has 56 valence electrons. The number of hydrogen-bond acceptors (Lipinski definition) is 2. The molecule has 1 unspecified atom stereocenters. The number of hydrogen-bond donors (Lipinski definition) is 1. The molecule has 1 heterocycles. The summed E-state index contributed by atoms with van der Waals surface area (Å²) in [6.07, 6.45) is 2.53. The van der Waals surface area contributed by atoms with Gasteiger partial charge in [-0.1, -0.05) is 0 Å². The molecular weight excluding hydrogens is 140 g/mol. The normalized spacial score (nSPS) is 12.0. The molecule has 3 nitrogen and oxygen atoms in total. The van der Waals surface area contributed by atoms with Crippen molar-refractivity contribution in [3.05, 3.63) is 41.5 Å². The Morgan fingerprint density at radius 3 is 2.73 bits per heavy atom. The lowest BCUT2D eigenvalue weighted by Gasteiger charge is -2.01. The Morgan fingerprint density at radius 2 is 2.18 bits per heavy atom. The van der Waals surface area contributed by atoms with E-state index in [-0.39, 0.29) is 6.54 Å². The molecule has 1 atom stereocenters. The topological polar surface area (TPSA) is 37.5 Å². The Kier molecular flexibility index (Phi) is 2.59. The van der Waals surface area contributed by atoms with E-state index in [0.717, 1.165) is 5.56 Å². The summed E-state index contributed by atoms with van der Waals surface area (Å²) in [5.74, 6) is 0. The third-order valence-corrected chi connectivity index (χ3v) is 1.36. The summed E-state index contributed by atoms with van der Waals surface area (Å²) < 4.78 is 0. The second-order valence-electron chi connectivity index (χ2n) is 2.14. The van der Waals surface area contributed by atoms with Crippen molar-refractivity contribution < 1.29 is 5.11 Å². The van der Waals surface area contributed by atoms with Gasteiger partial charge in [-0.25, -0.2) is 6.57 Å². The van der Waals surface area contributed by atoms with Gasteiger partial charge in [0.05, 0.1) is 0 Å². The molecule has 0 aromatic carbocycles. The van der Waals surface area contributed by atoms with Crippen LogP contribution in [0.15, 0.2) is 24.5 Å². The van der Waals surface area contributed by atoms with E-state index in [1.807, 2.05) is 0 Å². The summed E-state index contributed by atoms with van der Waals surface area (Å²) in [6.45, 7) is 6.65. The van der Waals surface area contributed by atoms with Crippen molar-refractivity contribution in [2.75, 3.05) is 6.54 Å². The molecular formula is C8H8N2O. The van der Waals surface area contributed by atoms with Crippen LogP contribution in [0.1, 0.15) is 11.7 Å². The highest BCUT2D eigenvalue weighted by atomic mass is 16.3. The van der Waals surface area contributed by atoms with Crippen LogP contribution in [-0.2, 0) is 0 Å². The van der Waals surface area contributed by atoms with Gasteiger partial charge in [0.15, 0.2) is 6.10 Å². The second-order valence-corrected chi connectivity index (χ2v) is 2.14. The van der Waals surface area contributed by atoms with Gasteiger partial charge >= 0.3 is 0 Å². The fourth-order valence-electron chi connectivity index (χ4n) is 0.777. The van der Waals surface area contributed by atoms with E-state index in [9.17, 15) is 5.11 Å². The SMILES string of the molecule is [C-]#[N+]CC(O)c1ccncc1. The van der Waals surface area contributed by atoms with Crippen LogP contribution in [-0.4, -0.2) is 16.6 Å². The van der Waals surface area contributed by atoms with Crippen molar-refractivity contribution >= 4 is 0 Å². The maximum absolute atomic E-state index is 9.28. The first-order chi connectivity index (χ1) is 5.34. The fraction of sp³-hybridized carbons (Fsp3) is 0.250. The van der Waals surface area contributed by atoms with Gasteiger partial charge in [-0.3, -0.25) is 4.98 Å². The number of aliphatic hydroxyl groups excluding tert-OH is 1. The smallest absolute Gasteiger partial charge is 0.244 e. The number of aromatic nitrogens is 1. The monoisotopic (exact) mass is 148 g/mol. The number of rotatable bonds is 2. The van der Waals surface area contributed by atoms with Crippen molar-refractivity contribution in [3.63, 3.8) is 0 Å².